The van der Waals surface area contributed by atoms with Crippen LogP contribution in [-0.4, -0.2) is 41.8 Å². The van der Waals surface area contributed by atoms with Crippen LogP contribution in [-0.2, 0) is 16.1 Å². The van der Waals surface area contributed by atoms with Gasteiger partial charge in [-0.15, -0.1) is 0 Å². The first-order valence-corrected chi connectivity index (χ1v) is 6.70. The highest BCUT2D eigenvalue weighted by Crippen LogP contribution is 2.04. The van der Waals surface area contributed by atoms with Gasteiger partial charge in [0.2, 0.25) is 0 Å². The SMILES string of the molecule is COCCCC(NC(=O)NCc1cnccc1C)C(=O)O. The molecule has 0 fully saturated rings. The van der Waals surface area contributed by atoms with Crippen molar-refractivity contribution in [3.63, 3.8) is 0 Å². The summed E-state index contributed by atoms with van der Waals surface area (Å²) in [4.78, 5) is 26.8. The molecule has 0 aliphatic rings. The quantitative estimate of drug-likeness (QED) is 0.623. The number of carbonyl (C=O) groups is 2. The summed E-state index contributed by atoms with van der Waals surface area (Å²) in [5, 5.41) is 14.1. The van der Waals surface area contributed by atoms with Crippen molar-refractivity contribution >= 4 is 12.0 Å². The number of aryl methyl sites for hydroxylation is 1. The maximum Gasteiger partial charge on any atom is 0.326 e. The van der Waals surface area contributed by atoms with Gasteiger partial charge in [-0.1, -0.05) is 0 Å². The summed E-state index contributed by atoms with van der Waals surface area (Å²) in [6.07, 6.45) is 4.23. The van der Waals surface area contributed by atoms with Crippen molar-refractivity contribution in [2.24, 2.45) is 0 Å². The van der Waals surface area contributed by atoms with E-state index in [1.165, 1.54) is 0 Å². The largest absolute Gasteiger partial charge is 0.480 e. The van der Waals surface area contributed by atoms with Crippen molar-refractivity contribution in [2.75, 3.05) is 13.7 Å². The maximum absolute atomic E-state index is 11.7. The van der Waals surface area contributed by atoms with Crippen LogP contribution in [0.2, 0.25) is 0 Å². The number of methoxy groups -OCH3 is 1. The summed E-state index contributed by atoms with van der Waals surface area (Å²) in [5.74, 6) is -1.06. The topological polar surface area (TPSA) is 101 Å². The number of urea groups is 1. The van der Waals surface area contributed by atoms with Crippen LogP contribution in [0.4, 0.5) is 4.79 Å². The number of carboxylic acids is 1. The van der Waals surface area contributed by atoms with E-state index in [0.29, 0.717) is 26.0 Å². The molecule has 2 amide bonds. The van der Waals surface area contributed by atoms with E-state index in [0.717, 1.165) is 11.1 Å². The van der Waals surface area contributed by atoms with Gasteiger partial charge in [0.25, 0.3) is 0 Å². The number of carbonyl (C=O) groups excluding carboxylic acids is 1. The standard InChI is InChI=1S/C14H21N3O4/c1-10-5-6-15-8-11(10)9-16-14(20)17-12(13(18)19)4-3-7-21-2/h5-6,8,12H,3-4,7,9H2,1-2H3,(H,18,19)(H2,16,17,20). The molecule has 116 valence electrons. The van der Waals surface area contributed by atoms with Crippen molar-refractivity contribution in [3.8, 4) is 0 Å². The second-order valence-electron chi connectivity index (χ2n) is 4.66. The molecule has 0 saturated heterocycles. The highest BCUT2D eigenvalue weighted by atomic mass is 16.5. The van der Waals surface area contributed by atoms with Crippen molar-refractivity contribution in [3.05, 3.63) is 29.6 Å². The van der Waals surface area contributed by atoms with E-state index in [1.54, 1.807) is 19.5 Å². The van der Waals surface area contributed by atoms with E-state index in [1.807, 2.05) is 13.0 Å². The van der Waals surface area contributed by atoms with Gasteiger partial charge in [0.15, 0.2) is 0 Å². The fraction of sp³-hybridized carbons (Fsp3) is 0.500. The average Bonchev–Trinajstić information content (AvgIpc) is 2.45. The highest BCUT2D eigenvalue weighted by molar-refractivity contribution is 5.82. The lowest BCUT2D eigenvalue weighted by Gasteiger charge is -2.15. The first-order chi connectivity index (χ1) is 10.0. The number of nitrogens with zero attached hydrogens (tertiary/aromatic N) is 1. The Bertz CT molecular complexity index is 479. The molecule has 1 atom stereocenters. The fourth-order valence-corrected chi connectivity index (χ4v) is 1.76. The molecular weight excluding hydrogens is 274 g/mol. The van der Waals surface area contributed by atoms with Crippen molar-refractivity contribution < 1.29 is 19.4 Å². The first-order valence-electron chi connectivity index (χ1n) is 6.70. The minimum Gasteiger partial charge on any atom is -0.480 e. The summed E-state index contributed by atoms with van der Waals surface area (Å²) in [6.45, 7) is 2.68. The average molecular weight is 295 g/mol. The fourth-order valence-electron chi connectivity index (χ4n) is 1.76. The monoisotopic (exact) mass is 295 g/mol. The predicted octanol–water partition coefficient (Wildman–Crippen LogP) is 1.07. The summed E-state index contributed by atoms with van der Waals surface area (Å²) < 4.78 is 4.87. The molecule has 1 rings (SSSR count). The Kier molecular flexibility index (Phi) is 7.17. The van der Waals surface area contributed by atoms with Crippen LogP contribution in [0.15, 0.2) is 18.5 Å². The Balaban J connectivity index is 2.43. The molecule has 0 saturated carbocycles. The van der Waals surface area contributed by atoms with E-state index in [4.69, 9.17) is 9.84 Å². The van der Waals surface area contributed by atoms with Crippen molar-refractivity contribution in [1.82, 2.24) is 15.6 Å². The van der Waals surface area contributed by atoms with Crippen molar-refractivity contribution in [2.45, 2.75) is 32.4 Å². The number of aliphatic carboxylic acids is 1. The van der Waals surface area contributed by atoms with Gasteiger partial charge in [0.1, 0.15) is 6.04 Å². The van der Waals surface area contributed by atoms with E-state index < -0.39 is 18.0 Å². The summed E-state index contributed by atoms with van der Waals surface area (Å²) in [7, 11) is 1.55. The number of pyridine rings is 1. The summed E-state index contributed by atoms with van der Waals surface area (Å²) in [6, 6.07) is 0.415. The molecule has 0 aliphatic heterocycles. The van der Waals surface area contributed by atoms with E-state index >= 15 is 0 Å². The third-order valence-electron chi connectivity index (χ3n) is 3.03. The number of hydrogen-bond donors (Lipinski definition) is 3. The molecule has 1 aromatic heterocycles. The minimum atomic E-state index is -1.06. The number of amides is 2. The van der Waals surface area contributed by atoms with Gasteiger partial charge < -0.3 is 20.5 Å². The van der Waals surface area contributed by atoms with Gasteiger partial charge >= 0.3 is 12.0 Å². The third kappa shape index (κ3) is 6.22. The van der Waals surface area contributed by atoms with Gasteiger partial charge in [0.05, 0.1) is 0 Å². The van der Waals surface area contributed by atoms with Crippen LogP contribution in [0.25, 0.3) is 0 Å². The Labute approximate surface area is 123 Å². The van der Waals surface area contributed by atoms with Crippen LogP contribution in [0.5, 0.6) is 0 Å². The van der Waals surface area contributed by atoms with Gasteiger partial charge in [-0.05, 0) is 37.0 Å². The Hall–Kier alpha value is -2.15. The molecule has 0 spiro atoms. The highest BCUT2D eigenvalue weighted by Gasteiger charge is 2.19. The molecule has 0 aliphatic carbocycles. The molecule has 1 unspecified atom stereocenters. The number of nitrogens with one attached hydrogen (secondary N) is 2. The molecule has 0 bridgehead atoms. The van der Waals surface area contributed by atoms with E-state index in [9.17, 15) is 9.59 Å². The van der Waals surface area contributed by atoms with Crippen LogP contribution >= 0.6 is 0 Å². The Morgan fingerprint density at radius 2 is 2.24 bits per heavy atom. The molecule has 21 heavy (non-hydrogen) atoms. The van der Waals surface area contributed by atoms with Gasteiger partial charge in [-0.25, -0.2) is 9.59 Å². The minimum absolute atomic E-state index is 0.302. The molecule has 7 heteroatoms. The Morgan fingerprint density at radius 3 is 2.86 bits per heavy atom. The van der Waals surface area contributed by atoms with Gasteiger partial charge in [0, 0.05) is 32.7 Å². The number of aromatic nitrogens is 1. The molecule has 1 aromatic rings. The molecule has 3 N–H and O–H groups in total. The van der Waals surface area contributed by atoms with E-state index in [2.05, 4.69) is 15.6 Å². The number of ether oxygens (including phenoxy) is 1. The Morgan fingerprint density at radius 1 is 1.48 bits per heavy atom. The lowest BCUT2D eigenvalue weighted by atomic mass is 10.1. The van der Waals surface area contributed by atoms with Crippen LogP contribution in [0.3, 0.4) is 0 Å². The number of hydrogen-bond acceptors (Lipinski definition) is 4. The molecule has 7 nitrogen and oxygen atoms in total. The second kappa shape index (κ2) is 8.91. The summed E-state index contributed by atoms with van der Waals surface area (Å²) >= 11 is 0. The third-order valence-corrected chi connectivity index (χ3v) is 3.03. The van der Waals surface area contributed by atoms with Crippen molar-refractivity contribution in [1.29, 1.82) is 0 Å². The lowest BCUT2D eigenvalue weighted by Crippen LogP contribution is -2.45. The molecular formula is C14H21N3O4. The number of carboxylic acid groups (broad SMARTS) is 1. The lowest BCUT2D eigenvalue weighted by molar-refractivity contribution is -0.139. The summed E-state index contributed by atoms with van der Waals surface area (Å²) in [5.41, 5.74) is 1.90. The van der Waals surface area contributed by atoms with E-state index in [-0.39, 0.29) is 0 Å². The van der Waals surface area contributed by atoms with Gasteiger partial charge in [-0.3, -0.25) is 4.98 Å². The van der Waals surface area contributed by atoms with Crippen LogP contribution in [0.1, 0.15) is 24.0 Å². The van der Waals surface area contributed by atoms with Gasteiger partial charge in [-0.2, -0.15) is 0 Å². The maximum atomic E-state index is 11.7. The second-order valence-corrected chi connectivity index (χ2v) is 4.66. The smallest absolute Gasteiger partial charge is 0.326 e. The molecule has 1 heterocycles. The first kappa shape index (κ1) is 16.9. The zero-order chi connectivity index (χ0) is 15.7. The van der Waals surface area contributed by atoms with Crippen LogP contribution in [0, 0.1) is 6.92 Å². The molecule has 0 aromatic carbocycles. The normalized spacial score (nSPS) is 11.7. The zero-order valence-corrected chi connectivity index (χ0v) is 12.3. The zero-order valence-electron chi connectivity index (χ0n) is 12.3. The number of rotatable bonds is 8. The predicted molar refractivity (Wildman–Crippen MR) is 76.9 cm³/mol. The van der Waals surface area contributed by atoms with Crippen LogP contribution < -0.4 is 10.6 Å². The molecule has 0 radical (unpaired) electrons.